The average Bonchev–Trinajstić information content (AvgIpc) is 2.51. The molecule has 0 aromatic carbocycles. The first-order valence-electron chi connectivity index (χ1n) is 4.53. The summed E-state index contributed by atoms with van der Waals surface area (Å²) in [5.74, 6) is 0. The van der Waals surface area contributed by atoms with Gasteiger partial charge in [0.2, 0.25) is 0 Å². The lowest BCUT2D eigenvalue weighted by atomic mass is 10.1. The lowest BCUT2D eigenvalue weighted by Gasteiger charge is -2.05. The van der Waals surface area contributed by atoms with Gasteiger partial charge in [0.25, 0.3) is 0 Å². The van der Waals surface area contributed by atoms with Crippen LogP contribution in [0, 0.1) is 0 Å². The molecular weight excluding hydrogens is 164 g/mol. The maximum absolute atomic E-state index is 9.29. The van der Waals surface area contributed by atoms with Gasteiger partial charge in [-0.05, 0) is 38.5 Å². The number of hydrogen-bond acceptors (Lipinski definition) is 2. The topological polar surface area (TPSA) is 38.0 Å². The largest absolute Gasteiger partial charge is 0.389 e. The van der Waals surface area contributed by atoms with E-state index in [1.54, 1.807) is 13.1 Å². The van der Waals surface area contributed by atoms with Crippen molar-refractivity contribution in [3.63, 3.8) is 0 Å². The van der Waals surface area contributed by atoms with Crippen molar-refractivity contribution < 1.29 is 5.11 Å². The SMILES string of the molecule is CCn1nccc1/C=C(/C)C(C)O. The van der Waals surface area contributed by atoms with Crippen molar-refractivity contribution in [1.82, 2.24) is 9.78 Å². The van der Waals surface area contributed by atoms with E-state index in [0.29, 0.717) is 0 Å². The van der Waals surface area contributed by atoms with Crippen LogP contribution in [-0.4, -0.2) is 21.0 Å². The normalized spacial score (nSPS) is 14.6. The maximum Gasteiger partial charge on any atom is 0.0723 e. The van der Waals surface area contributed by atoms with Gasteiger partial charge < -0.3 is 5.11 Å². The van der Waals surface area contributed by atoms with Gasteiger partial charge in [0.15, 0.2) is 0 Å². The highest BCUT2D eigenvalue weighted by Gasteiger charge is 2.01. The molecule has 0 saturated carbocycles. The molecule has 1 rings (SSSR count). The summed E-state index contributed by atoms with van der Waals surface area (Å²) in [5.41, 5.74) is 2.00. The molecule has 0 bridgehead atoms. The third kappa shape index (κ3) is 2.42. The molecule has 1 aromatic rings. The van der Waals surface area contributed by atoms with E-state index < -0.39 is 0 Å². The fraction of sp³-hybridized carbons (Fsp3) is 0.500. The van der Waals surface area contributed by atoms with Crippen molar-refractivity contribution in [3.05, 3.63) is 23.5 Å². The van der Waals surface area contributed by atoms with E-state index in [4.69, 9.17) is 0 Å². The number of hydrogen-bond donors (Lipinski definition) is 1. The number of aliphatic hydroxyl groups is 1. The molecule has 0 aliphatic heterocycles. The van der Waals surface area contributed by atoms with Gasteiger partial charge in [0, 0.05) is 12.7 Å². The molecule has 1 heterocycles. The van der Waals surface area contributed by atoms with Crippen LogP contribution in [0.4, 0.5) is 0 Å². The van der Waals surface area contributed by atoms with E-state index in [1.807, 2.05) is 30.7 Å². The Hall–Kier alpha value is -1.09. The van der Waals surface area contributed by atoms with Crippen molar-refractivity contribution >= 4 is 6.08 Å². The van der Waals surface area contributed by atoms with Gasteiger partial charge in [-0.2, -0.15) is 5.10 Å². The Bertz CT molecular complexity index is 300. The molecule has 0 saturated heterocycles. The minimum absolute atomic E-state index is 0.389. The Labute approximate surface area is 78.7 Å². The van der Waals surface area contributed by atoms with Gasteiger partial charge >= 0.3 is 0 Å². The van der Waals surface area contributed by atoms with Gasteiger partial charge in [-0.1, -0.05) is 0 Å². The zero-order valence-electron chi connectivity index (χ0n) is 8.36. The standard InChI is InChI=1S/C10H16N2O/c1-4-12-10(5-6-11-12)7-8(2)9(3)13/h5-7,9,13H,4H2,1-3H3/b8-7-. The third-order valence-electron chi connectivity index (χ3n) is 2.08. The zero-order chi connectivity index (χ0) is 9.84. The molecule has 0 fully saturated rings. The van der Waals surface area contributed by atoms with Crippen LogP contribution in [0.25, 0.3) is 6.08 Å². The highest BCUT2D eigenvalue weighted by molar-refractivity contribution is 5.49. The van der Waals surface area contributed by atoms with Crippen molar-refractivity contribution in [2.75, 3.05) is 0 Å². The van der Waals surface area contributed by atoms with Gasteiger partial charge in [-0.3, -0.25) is 4.68 Å². The van der Waals surface area contributed by atoms with Crippen LogP contribution < -0.4 is 0 Å². The number of aliphatic hydroxyl groups excluding tert-OH is 1. The van der Waals surface area contributed by atoms with Gasteiger partial charge in [-0.25, -0.2) is 0 Å². The highest BCUT2D eigenvalue weighted by atomic mass is 16.3. The summed E-state index contributed by atoms with van der Waals surface area (Å²) < 4.78 is 1.89. The number of aromatic nitrogens is 2. The molecule has 0 radical (unpaired) electrons. The van der Waals surface area contributed by atoms with Crippen molar-refractivity contribution in [2.45, 2.75) is 33.4 Å². The highest BCUT2D eigenvalue weighted by Crippen LogP contribution is 2.08. The Morgan fingerprint density at radius 1 is 1.77 bits per heavy atom. The molecule has 72 valence electrons. The Morgan fingerprint density at radius 3 is 3.00 bits per heavy atom. The van der Waals surface area contributed by atoms with Crippen LogP contribution >= 0.6 is 0 Å². The molecule has 1 N–H and O–H groups in total. The summed E-state index contributed by atoms with van der Waals surface area (Å²) in [7, 11) is 0. The Morgan fingerprint density at radius 2 is 2.46 bits per heavy atom. The molecule has 13 heavy (non-hydrogen) atoms. The summed E-state index contributed by atoms with van der Waals surface area (Å²) in [5, 5.41) is 13.4. The summed E-state index contributed by atoms with van der Waals surface area (Å²) in [6, 6.07) is 1.94. The molecule has 0 spiro atoms. The van der Waals surface area contributed by atoms with Gasteiger partial charge in [-0.15, -0.1) is 0 Å². The summed E-state index contributed by atoms with van der Waals surface area (Å²) in [6.07, 6.45) is 3.34. The predicted molar refractivity (Wildman–Crippen MR) is 53.2 cm³/mol. The Kier molecular flexibility index (Phi) is 3.25. The Balaban J connectivity index is 2.89. The van der Waals surface area contributed by atoms with Gasteiger partial charge in [0.1, 0.15) is 0 Å². The molecule has 3 heteroatoms. The zero-order valence-corrected chi connectivity index (χ0v) is 8.36. The van der Waals surface area contributed by atoms with E-state index in [2.05, 4.69) is 5.10 Å². The number of nitrogens with zero attached hydrogens (tertiary/aromatic N) is 2. The summed E-state index contributed by atoms with van der Waals surface area (Å²) in [4.78, 5) is 0. The molecular formula is C10H16N2O. The van der Waals surface area contributed by atoms with Crippen LogP contribution in [0.3, 0.4) is 0 Å². The number of aryl methyl sites for hydroxylation is 1. The minimum atomic E-state index is -0.389. The first-order valence-corrected chi connectivity index (χ1v) is 4.53. The first kappa shape index (κ1) is 9.99. The fourth-order valence-electron chi connectivity index (χ4n) is 1.08. The second-order valence-electron chi connectivity index (χ2n) is 3.14. The smallest absolute Gasteiger partial charge is 0.0723 e. The monoisotopic (exact) mass is 180 g/mol. The van der Waals surface area contributed by atoms with Crippen LogP contribution in [0.5, 0.6) is 0 Å². The van der Waals surface area contributed by atoms with Crippen LogP contribution in [-0.2, 0) is 6.54 Å². The van der Waals surface area contributed by atoms with E-state index in [-0.39, 0.29) is 6.10 Å². The molecule has 0 aliphatic carbocycles. The van der Waals surface area contributed by atoms with Crippen molar-refractivity contribution in [3.8, 4) is 0 Å². The van der Waals surface area contributed by atoms with Crippen molar-refractivity contribution in [2.24, 2.45) is 0 Å². The lowest BCUT2D eigenvalue weighted by Crippen LogP contribution is -2.03. The minimum Gasteiger partial charge on any atom is -0.389 e. The predicted octanol–water partition coefficient (Wildman–Crippen LogP) is 1.69. The molecule has 0 aliphatic rings. The van der Waals surface area contributed by atoms with Gasteiger partial charge in [0.05, 0.1) is 11.8 Å². The van der Waals surface area contributed by atoms with Crippen molar-refractivity contribution in [1.29, 1.82) is 0 Å². The van der Waals surface area contributed by atoms with E-state index in [0.717, 1.165) is 17.8 Å². The summed E-state index contributed by atoms with van der Waals surface area (Å²) in [6.45, 7) is 6.57. The average molecular weight is 180 g/mol. The van der Waals surface area contributed by atoms with Crippen LogP contribution in [0.2, 0.25) is 0 Å². The second kappa shape index (κ2) is 4.23. The first-order chi connectivity index (χ1) is 6.15. The van der Waals surface area contributed by atoms with E-state index in [1.165, 1.54) is 0 Å². The molecule has 1 aromatic heterocycles. The molecule has 0 amide bonds. The molecule has 3 nitrogen and oxygen atoms in total. The van der Waals surface area contributed by atoms with Crippen LogP contribution in [0.15, 0.2) is 17.8 Å². The third-order valence-corrected chi connectivity index (χ3v) is 2.08. The van der Waals surface area contributed by atoms with Crippen LogP contribution in [0.1, 0.15) is 26.5 Å². The molecule has 1 atom stereocenters. The number of rotatable bonds is 3. The maximum atomic E-state index is 9.29. The second-order valence-corrected chi connectivity index (χ2v) is 3.14. The quantitative estimate of drug-likeness (QED) is 0.768. The lowest BCUT2D eigenvalue weighted by molar-refractivity contribution is 0.232. The fourth-order valence-corrected chi connectivity index (χ4v) is 1.08. The molecule has 1 unspecified atom stereocenters. The summed E-state index contributed by atoms with van der Waals surface area (Å²) >= 11 is 0. The van der Waals surface area contributed by atoms with E-state index >= 15 is 0 Å². The van der Waals surface area contributed by atoms with E-state index in [9.17, 15) is 5.11 Å².